The first-order valence-electron chi connectivity index (χ1n) is 9.17. The Balaban J connectivity index is 1.63. The number of pyridine rings is 1. The van der Waals surface area contributed by atoms with Crippen molar-refractivity contribution in [1.82, 2.24) is 9.88 Å². The first-order valence-corrected chi connectivity index (χ1v) is 9.17. The third-order valence-electron chi connectivity index (χ3n) is 4.89. The van der Waals surface area contributed by atoms with Crippen molar-refractivity contribution in [2.75, 3.05) is 38.2 Å². The van der Waals surface area contributed by atoms with Crippen LogP contribution in [0.25, 0.3) is 17.2 Å². The lowest BCUT2D eigenvalue weighted by Crippen LogP contribution is -2.40. The number of fused-ring (bicyclic) bond motifs is 1. The van der Waals surface area contributed by atoms with Crippen LogP contribution in [-0.2, 0) is 11.2 Å². The van der Waals surface area contributed by atoms with Gasteiger partial charge in [0.25, 0.3) is 5.91 Å². The lowest BCUT2D eigenvalue weighted by Gasteiger charge is -2.27. The molecule has 1 saturated heterocycles. The molecule has 4 rings (SSSR count). The zero-order chi connectivity index (χ0) is 17.9. The molecule has 2 aliphatic rings. The number of morpholine rings is 1. The summed E-state index contributed by atoms with van der Waals surface area (Å²) in [5.74, 6) is 0.0711. The standard InChI is InChI=1S/C21H23N3O2/c1-2-22-20-17-4-3-5-19(17)23-14-18(20)15-6-8-16(9-7-15)21(25)24-10-12-26-13-11-24/h3-4,6-9,14H,2,5,10-13H2,1H3,(H,22,23). The van der Waals surface area contributed by atoms with Crippen LogP contribution in [0.5, 0.6) is 0 Å². The Morgan fingerprint density at radius 3 is 2.73 bits per heavy atom. The van der Waals surface area contributed by atoms with Crippen molar-refractivity contribution in [2.45, 2.75) is 13.3 Å². The second kappa shape index (κ2) is 7.30. The average molecular weight is 349 g/mol. The fourth-order valence-corrected chi connectivity index (χ4v) is 3.52. The number of rotatable bonds is 4. The number of hydrogen-bond donors (Lipinski definition) is 1. The van der Waals surface area contributed by atoms with Gasteiger partial charge < -0.3 is 15.0 Å². The molecule has 5 nitrogen and oxygen atoms in total. The van der Waals surface area contributed by atoms with E-state index in [0.29, 0.717) is 26.3 Å². The molecule has 1 fully saturated rings. The molecule has 2 heterocycles. The van der Waals surface area contributed by atoms with Gasteiger partial charge in [0, 0.05) is 48.9 Å². The van der Waals surface area contributed by atoms with Crippen LogP contribution in [-0.4, -0.2) is 48.6 Å². The van der Waals surface area contributed by atoms with Gasteiger partial charge in [-0.2, -0.15) is 0 Å². The second-order valence-corrected chi connectivity index (χ2v) is 6.53. The molecular formula is C21H23N3O2. The van der Waals surface area contributed by atoms with Gasteiger partial charge in [-0.05, 0) is 24.6 Å². The van der Waals surface area contributed by atoms with E-state index >= 15 is 0 Å². The number of amides is 1. The Morgan fingerprint density at radius 2 is 2.00 bits per heavy atom. The van der Waals surface area contributed by atoms with Crippen LogP contribution in [0, 0.1) is 0 Å². The van der Waals surface area contributed by atoms with E-state index < -0.39 is 0 Å². The van der Waals surface area contributed by atoms with Gasteiger partial charge in [-0.1, -0.05) is 24.3 Å². The highest BCUT2D eigenvalue weighted by atomic mass is 16.5. The molecule has 1 aliphatic carbocycles. The van der Waals surface area contributed by atoms with Crippen molar-refractivity contribution >= 4 is 17.7 Å². The number of aromatic nitrogens is 1. The summed E-state index contributed by atoms with van der Waals surface area (Å²) in [5.41, 5.74) is 6.27. The van der Waals surface area contributed by atoms with Crippen LogP contribution >= 0.6 is 0 Å². The van der Waals surface area contributed by atoms with Gasteiger partial charge in [-0.3, -0.25) is 9.78 Å². The topological polar surface area (TPSA) is 54.5 Å². The van der Waals surface area contributed by atoms with Gasteiger partial charge in [0.2, 0.25) is 0 Å². The molecule has 1 aromatic heterocycles. The number of benzene rings is 1. The Morgan fingerprint density at radius 1 is 1.23 bits per heavy atom. The summed E-state index contributed by atoms with van der Waals surface area (Å²) in [6, 6.07) is 7.84. The maximum atomic E-state index is 12.6. The number of nitrogens with one attached hydrogen (secondary N) is 1. The molecule has 0 spiro atoms. The molecule has 26 heavy (non-hydrogen) atoms. The number of carbonyl (C=O) groups excluding carboxylic acids is 1. The van der Waals surface area contributed by atoms with Crippen LogP contribution in [0.2, 0.25) is 0 Å². The Labute approximate surface area is 153 Å². The maximum Gasteiger partial charge on any atom is 0.254 e. The van der Waals surface area contributed by atoms with E-state index in [1.54, 1.807) is 0 Å². The summed E-state index contributed by atoms with van der Waals surface area (Å²) in [6.45, 7) is 5.50. The molecule has 0 atom stereocenters. The van der Waals surface area contributed by atoms with Gasteiger partial charge >= 0.3 is 0 Å². The van der Waals surface area contributed by atoms with Crippen LogP contribution in [0.15, 0.2) is 36.5 Å². The number of nitrogens with zero attached hydrogens (tertiary/aromatic N) is 2. The second-order valence-electron chi connectivity index (χ2n) is 6.53. The van der Waals surface area contributed by atoms with Crippen molar-refractivity contribution in [3.05, 3.63) is 53.4 Å². The molecule has 0 unspecified atom stereocenters. The summed E-state index contributed by atoms with van der Waals surface area (Å²) in [6.07, 6.45) is 7.11. The van der Waals surface area contributed by atoms with Crippen molar-refractivity contribution in [2.24, 2.45) is 0 Å². The Hall–Kier alpha value is -2.66. The molecule has 134 valence electrons. The smallest absolute Gasteiger partial charge is 0.254 e. The predicted molar refractivity (Wildman–Crippen MR) is 103 cm³/mol. The van der Waals surface area contributed by atoms with Gasteiger partial charge in [0.05, 0.1) is 24.6 Å². The van der Waals surface area contributed by atoms with Crippen LogP contribution in [0.4, 0.5) is 5.69 Å². The van der Waals surface area contributed by atoms with Crippen molar-refractivity contribution < 1.29 is 9.53 Å². The molecular weight excluding hydrogens is 326 g/mol. The third kappa shape index (κ3) is 3.10. The van der Waals surface area contributed by atoms with E-state index in [0.717, 1.165) is 41.0 Å². The minimum atomic E-state index is 0.0711. The van der Waals surface area contributed by atoms with E-state index in [1.807, 2.05) is 35.4 Å². The van der Waals surface area contributed by atoms with E-state index in [9.17, 15) is 4.79 Å². The molecule has 1 amide bonds. The summed E-state index contributed by atoms with van der Waals surface area (Å²) >= 11 is 0. The molecule has 2 aromatic rings. The van der Waals surface area contributed by atoms with Crippen LogP contribution in [0.1, 0.15) is 28.5 Å². The number of carbonyl (C=O) groups is 1. The van der Waals surface area contributed by atoms with Crippen LogP contribution < -0.4 is 5.32 Å². The predicted octanol–water partition coefficient (Wildman–Crippen LogP) is 3.22. The van der Waals surface area contributed by atoms with E-state index in [-0.39, 0.29) is 5.91 Å². The SMILES string of the molecule is CCNc1c(-c2ccc(C(=O)N3CCOCC3)cc2)cnc2c1C=CC2. The fourth-order valence-electron chi connectivity index (χ4n) is 3.52. The van der Waals surface area contributed by atoms with E-state index in [2.05, 4.69) is 29.4 Å². The number of anilines is 1. The zero-order valence-corrected chi connectivity index (χ0v) is 15.0. The lowest BCUT2D eigenvalue weighted by atomic mass is 10.00. The zero-order valence-electron chi connectivity index (χ0n) is 15.0. The molecule has 1 aromatic carbocycles. The van der Waals surface area contributed by atoms with Crippen molar-refractivity contribution in [3.8, 4) is 11.1 Å². The quantitative estimate of drug-likeness (QED) is 0.921. The monoisotopic (exact) mass is 349 g/mol. The molecule has 0 radical (unpaired) electrons. The molecule has 0 saturated carbocycles. The number of ether oxygens (including phenoxy) is 1. The highest BCUT2D eigenvalue weighted by Crippen LogP contribution is 2.35. The first kappa shape index (κ1) is 16.8. The highest BCUT2D eigenvalue weighted by Gasteiger charge is 2.19. The largest absolute Gasteiger partial charge is 0.384 e. The van der Waals surface area contributed by atoms with Gasteiger partial charge in [0.15, 0.2) is 0 Å². The van der Waals surface area contributed by atoms with E-state index in [1.165, 1.54) is 5.56 Å². The normalized spacial score (nSPS) is 15.8. The number of allylic oxidation sites excluding steroid dienone is 1. The summed E-state index contributed by atoms with van der Waals surface area (Å²) in [7, 11) is 0. The molecule has 1 N–H and O–H groups in total. The Bertz CT molecular complexity index is 837. The van der Waals surface area contributed by atoms with Crippen LogP contribution in [0.3, 0.4) is 0 Å². The van der Waals surface area contributed by atoms with Crippen molar-refractivity contribution in [1.29, 1.82) is 0 Å². The minimum absolute atomic E-state index is 0.0711. The van der Waals surface area contributed by atoms with Crippen molar-refractivity contribution in [3.63, 3.8) is 0 Å². The summed E-state index contributed by atoms with van der Waals surface area (Å²) in [5, 5.41) is 3.48. The van der Waals surface area contributed by atoms with Gasteiger partial charge in [-0.15, -0.1) is 0 Å². The van der Waals surface area contributed by atoms with E-state index in [4.69, 9.17) is 4.74 Å². The van der Waals surface area contributed by atoms with Gasteiger partial charge in [-0.25, -0.2) is 0 Å². The third-order valence-corrected chi connectivity index (χ3v) is 4.89. The molecule has 1 aliphatic heterocycles. The first-order chi connectivity index (χ1) is 12.8. The highest BCUT2D eigenvalue weighted by molar-refractivity contribution is 5.95. The number of hydrogen-bond acceptors (Lipinski definition) is 4. The molecule has 5 heteroatoms. The molecule has 0 bridgehead atoms. The Kier molecular flexibility index (Phi) is 4.71. The summed E-state index contributed by atoms with van der Waals surface area (Å²) in [4.78, 5) is 19.1. The fraction of sp³-hybridized carbons (Fsp3) is 0.333. The summed E-state index contributed by atoms with van der Waals surface area (Å²) < 4.78 is 5.32. The van der Waals surface area contributed by atoms with Gasteiger partial charge in [0.1, 0.15) is 0 Å². The minimum Gasteiger partial charge on any atom is -0.384 e. The maximum absolute atomic E-state index is 12.6. The lowest BCUT2D eigenvalue weighted by molar-refractivity contribution is 0.0303. The average Bonchev–Trinajstić information content (AvgIpc) is 3.18.